The van der Waals surface area contributed by atoms with Gasteiger partial charge in [-0.25, -0.2) is 4.68 Å². The molecule has 1 amide bonds. The van der Waals surface area contributed by atoms with Crippen LogP contribution in [0.4, 0.5) is 5.82 Å². The summed E-state index contributed by atoms with van der Waals surface area (Å²) in [7, 11) is 1.60. The lowest BCUT2D eigenvalue weighted by Crippen LogP contribution is -2.36. The number of fused-ring (bicyclic) bond motifs is 1. The molecule has 0 bridgehead atoms. The van der Waals surface area contributed by atoms with E-state index in [0.717, 1.165) is 24.2 Å². The summed E-state index contributed by atoms with van der Waals surface area (Å²) in [6, 6.07) is 17.0. The van der Waals surface area contributed by atoms with E-state index in [1.165, 1.54) is 5.56 Å². The van der Waals surface area contributed by atoms with Gasteiger partial charge >= 0.3 is 0 Å². The molecule has 0 saturated carbocycles. The van der Waals surface area contributed by atoms with Gasteiger partial charge in [0.2, 0.25) is 0 Å². The maximum Gasteiger partial charge on any atom is 0.251 e. The van der Waals surface area contributed by atoms with Gasteiger partial charge in [0.05, 0.1) is 34.1 Å². The molecule has 1 unspecified atom stereocenters. The summed E-state index contributed by atoms with van der Waals surface area (Å²) in [5.41, 5.74) is 3.29. The molecule has 2 heterocycles. The molecule has 1 atom stereocenters. The van der Waals surface area contributed by atoms with Crippen LogP contribution in [0.15, 0.2) is 72.1 Å². The van der Waals surface area contributed by atoms with Gasteiger partial charge in [0.25, 0.3) is 5.91 Å². The molecular weight excluding hydrogens is 447 g/mol. The summed E-state index contributed by atoms with van der Waals surface area (Å²) in [4.78, 5) is 13.4. The predicted molar refractivity (Wildman–Crippen MR) is 127 cm³/mol. The SMILES string of the molecule is COCC1=C(C(=O)NCCCc2ccccc2)C(c2ccc(Cl)c(Cl)c2)n2nccc2N1. The second-order valence-electron chi connectivity index (χ2n) is 7.53. The molecule has 0 aliphatic carbocycles. The van der Waals surface area contributed by atoms with Crippen molar-refractivity contribution in [2.75, 3.05) is 25.6 Å². The standard InChI is InChI=1S/C24H24Cl2N4O2/c1-32-15-20-22(24(31)27-12-5-8-16-6-3-2-4-7-16)23(30-21(29-20)11-13-28-30)17-9-10-18(25)19(26)14-17/h2-4,6-7,9-11,13-14,23,29H,5,8,12,15H2,1H3,(H,27,31). The fourth-order valence-corrected chi connectivity index (χ4v) is 4.18. The Morgan fingerprint density at radius 2 is 1.97 bits per heavy atom. The first-order valence-corrected chi connectivity index (χ1v) is 11.1. The lowest BCUT2D eigenvalue weighted by molar-refractivity contribution is -0.118. The molecule has 0 fully saturated rings. The average molecular weight is 471 g/mol. The van der Waals surface area contributed by atoms with Crippen molar-refractivity contribution >= 4 is 34.9 Å². The number of nitrogens with one attached hydrogen (secondary N) is 2. The quantitative estimate of drug-likeness (QED) is 0.461. The van der Waals surface area contributed by atoms with E-state index in [1.807, 2.05) is 30.3 Å². The van der Waals surface area contributed by atoms with Gasteiger partial charge in [-0.1, -0.05) is 59.6 Å². The minimum atomic E-state index is -0.463. The molecule has 1 aliphatic rings. The maximum absolute atomic E-state index is 13.4. The number of methoxy groups -OCH3 is 1. The Labute approximate surface area is 197 Å². The Morgan fingerprint density at radius 1 is 1.16 bits per heavy atom. The summed E-state index contributed by atoms with van der Waals surface area (Å²) < 4.78 is 7.16. The van der Waals surface area contributed by atoms with Crippen LogP contribution in [0.25, 0.3) is 0 Å². The number of anilines is 1. The zero-order valence-electron chi connectivity index (χ0n) is 17.6. The zero-order valence-corrected chi connectivity index (χ0v) is 19.2. The van der Waals surface area contributed by atoms with Crippen molar-refractivity contribution in [3.05, 3.63) is 93.2 Å². The lowest BCUT2D eigenvalue weighted by atomic mass is 9.94. The zero-order chi connectivity index (χ0) is 22.5. The van der Waals surface area contributed by atoms with E-state index in [1.54, 1.807) is 30.1 Å². The molecular formula is C24H24Cl2N4O2. The van der Waals surface area contributed by atoms with Crippen LogP contribution in [0.3, 0.4) is 0 Å². The van der Waals surface area contributed by atoms with Crippen molar-refractivity contribution in [1.29, 1.82) is 0 Å². The van der Waals surface area contributed by atoms with E-state index < -0.39 is 6.04 Å². The van der Waals surface area contributed by atoms with Crippen molar-refractivity contribution in [1.82, 2.24) is 15.1 Å². The molecule has 6 nitrogen and oxygen atoms in total. The number of amides is 1. The number of ether oxygens (including phenoxy) is 1. The number of carbonyl (C=O) groups excluding carboxylic acids is 1. The first kappa shape index (κ1) is 22.4. The molecule has 32 heavy (non-hydrogen) atoms. The highest BCUT2D eigenvalue weighted by Gasteiger charge is 2.34. The Morgan fingerprint density at radius 3 is 2.72 bits per heavy atom. The fourth-order valence-electron chi connectivity index (χ4n) is 3.87. The molecule has 8 heteroatoms. The van der Waals surface area contributed by atoms with E-state index >= 15 is 0 Å². The highest BCUT2D eigenvalue weighted by atomic mass is 35.5. The van der Waals surface area contributed by atoms with E-state index in [-0.39, 0.29) is 12.5 Å². The van der Waals surface area contributed by atoms with E-state index in [9.17, 15) is 4.79 Å². The van der Waals surface area contributed by atoms with Gasteiger partial charge in [-0.2, -0.15) is 5.10 Å². The highest BCUT2D eigenvalue weighted by Crippen LogP contribution is 2.37. The van der Waals surface area contributed by atoms with Gasteiger partial charge in [0.1, 0.15) is 11.9 Å². The van der Waals surface area contributed by atoms with Crippen LogP contribution in [0.1, 0.15) is 23.6 Å². The summed E-state index contributed by atoms with van der Waals surface area (Å²) in [6.07, 6.45) is 3.42. The molecule has 0 spiro atoms. The van der Waals surface area contributed by atoms with Crippen LogP contribution in [0, 0.1) is 0 Å². The number of nitrogens with zero attached hydrogens (tertiary/aromatic N) is 2. The molecule has 1 aliphatic heterocycles. The van der Waals surface area contributed by atoms with Crippen LogP contribution >= 0.6 is 23.2 Å². The predicted octanol–water partition coefficient (Wildman–Crippen LogP) is 4.85. The van der Waals surface area contributed by atoms with Crippen LogP contribution in [0.5, 0.6) is 0 Å². The summed E-state index contributed by atoms with van der Waals surface area (Å²) >= 11 is 12.4. The Bertz CT molecular complexity index is 1130. The van der Waals surface area contributed by atoms with E-state index in [2.05, 4.69) is 27.9 Å². The van der Waals surface area contributed by atoms with Crippen molar-refractivity contribution in [2.24, 2.45) is 0 Å². The summed E-state index contributed by atoms with van der Waals surface area (Å²) in [5, 5.41) is 11.7. The molecule has 4 rings (SSSR count). The first-order valence-electron chi connectivity index (χ1n) is 10.4. The number of hydrogen-bond acceptors (Lipinski definition) is 4. The van der Waals surface area contributed by atoms with Crippen LogP contribution in [0.2, 0.25) is 10.0 Å². The number of carbonyl (C=O) groups is 1. The minimum absolute atomic E-state index is 0.171. The van der Waals surface area contributed by atoms with Gasteiger partial charge in [-0.15, -0.1) is 0 Å². The van der Waals surface area contributed by atoms with Crippen molar-refractivity contribution in [3.8, 4) is 0 Å². The normalized spacial score (nSPS) is 15.3. The Kier molecular flexibility index (Phi) is 7.15. The van der Waals surface area contributed by atoms with Gasteiger partial charge in [0.15, 0.2) is 0 Å². The number of aromatic nitrogens is 2. The van der Waals surface area contributed by atoms with Gasteiger partial charge in [0, 0.05) is 19.7 Å². The van der Waals surface area contributed by atoms with Crippen LogP contribution < -0.4 is 10.6 Å². The smallest absolute Gasteiger partial charge is 0.251 e. The van der Waals surface area contributed by atoms with Gasteiger partial charge in [-0.05, 0) is 36.1 Å². The van der Waals surface area contributed by atoms with Gasteiger partial charge < -0.3 is 15.4 Å². The number of rotatable bonds is 8. The number of aryl methyl sites for hydroxylation is 1. The summed E-state index contributed by atoms with van der Waals surface area (Å²) in [6.45, 7) is 0.813. The van der Waals surface area contributed by atoms with Crippen LogP contribution in [-0.4, -0.2) is 35.9 Å². The van der Waals surface area contributed by atoms with Crippen molar-refractivity contribution in [2.45, 2.75) is 18.9 Å². The molecule has 0 radical (unpaired) electrons. The molecule has 1 aromatic heterocycles. The number of hydrogen-bond donors (Lipinski definition) is 2. The second-order valence-corrected chi connectivity index (χ2v) is 8.35. The average Bonchev–Trinajstić information content (AvgIpc) is 3.27. The number of benzene rings is 2. The third-order valence-electron chi connectivity index (χ3n) is 5.36. The third-order valence-corrected chi connectivity index (χ3v) is 6.09. The summed E-state index contributed by atoms with van der Waals surface area (Å²) in [5.74, 6) is 0.601. The van der Waals surface area contributed by atoms with Gasteiger partial charge in [-0.3, -0.25) is 4.79 Å². The first-order chi connectivity index (χ1) is 15.6. The lowest BCUT2D eigenvalue weighted by Gasteiger charge is -2.31. The highest BCUT2D eigenvalue weighted by molar-refractivity contribution is 6.42. The Balaban J connectivity index is 1.60. The van der Waals surface area contributed by atoms with Crippen LogP contribution in [-0.2, 0) is 16.0 Å². The second kappa shape index (κ2) is 10.2. The fraction of sp³-hybridized carbons (Fsp3) is 0.250. The topological polar surface area (TPSA) is 68.2 Å². The molecule has 0 saturated heterocycles. The maximum atomic E-state index is 13.4. The molecule has 166 valence electrons. The number of halogens is 2. The van der Waals surface area contributed by atoms with Crippen molar-refractivity contribution < 1.29 is 9.53 Å². The Hall–Kier alpha value is -2.80. The van der Waals surface area contributed by atoms with E-state index in [0.29, 0.717) is 27.9 Å². The third kappa shape index (κ3) is 4.83. The molecule has 2 N–H and O–H groups in total. The van der Waals surface area contributed by atoms with Crippen molar-refractivity contribution in [3.63, 3.8) is 0 Å². The molecule has 3 aromatic rings. The monoisotopic (exact) mass is 470 g/mol. The van der Waals surface area contributed by atoms with E-state index in [4.69, 9.17) is 27.9 Å². The minimum Gasteiger partial charge on any atom is -0.378 e. The largest absolute Gasteiger partial charge is 0.378 e. The molecule has 2 aromatic carbocycles.